The van der Waals surface area contributed by atoms with Crippen LogP contribution < -0.4 is 10.6 Å². The molecule has 2 aromatic rings. The molecule has 0 fully saturated rings. The second kappa shape index (κ2) is 6.29. The fraction of sp³-hybridized carbons (Fsp3) is 0.200. The largest absolute Gasteiger partial charge is 0.332 e. The van der Waals surface area contributed by atoms with Gasteiger partial charge in [-0.1, -0.05) is 19.1 Å². The van der Waals surface area contributed by atoms with Crippen LogP contribution in [0.2, 0.25) is 0 Å². The van der Waals surface area contributed by atoms with E-state index in [1.807, 2.05) is 31.2 Å². The average Bonchev–Trinajstić information content (AvgIpc) is 2.39. The average molecular weight is 271 g/mol. The number of hydrogen-bond acceptors (Lipinski definition) is 2. The van der Waals surface area contributed by atoms with E-state index >= 15 is 0 Å². The number of thiocarbonyl (C=S) groups is 1. The van der Waals surface area contributed by atoms with Crippen LogP contribution in [-0.4, -0.2) is 10.1 Å². The number of benzene rings is 1. The first-order chi connectivity index (χ1) is 9.17. The SMILES string of the molecule is CCc1ccc(NC(=S)Nc2cc(C)ccn2)cc1. The Morgan fingerprint density at radius 3 is 2.53 bits per heavy atom. The number of hydrogen-bond donors (Lipinski definition) is 2. The van der Waals surface area contributed by atoms with E-state index in [9.17, 15) is 0 Å². The van der Waals surface area contributed by atoms with Crippen molar-refractivity contribution in [2.45, 2.75) is 20.3 Å². The van der Waals surface area contributed by atoms with Crippen LogP contribution in [0.15, 0.2) is 42.6 Å². The Balaban J connectivity index is 1.97. The molecule has 2 N–H and O–H groups in total. The number of pyridine rings is 1. The van der Waals surface area contributed by atoms with E-state index in [4.69, 9.17) is 12.2 Å². The third-order valence-corrected chi connectivity index (χ3v) is 2.98. The van der Waals surface area contributed by atoms with E-state index < -0.39 is 0 Å². The fourth-order valence-corrected chi connectivity index (χ4v) is 1.93. The van der Waals surface area contributed by atoms with Crippen molar-refractivity contribution in [2.75, 3.05) is 10.6 Å². The molecule has 0 aliphatic heterocycles. The molecule has 2 rings (SSSR count). The van der Waals surface area contributed by atoms with Crippen LogP contribution in [0.5, 0.6) is 0 Å². The summed E-state index contributed by atoms with van der Waals surface area (Å²) in [7, 11) is 0. The summed E-state index contributed by atoms with van der Waals surface area (Å²) in [5, 5.41) is 6.75. The number of aromatic nitrogens is 1. The Kier molecular flexibility index (Phi) is 4.47. The second-order valence-electron chi connectivity index (χ2n) is 4.35. The molecule has 0 aliphatic rings. The van der Waals surface area contributed by atoms with Crippen molar-refractivity contribution in [3.8, 4) is 0 Å². The summed E-state index contributed by atoms with van der Waals surface area (Å²) in [6.07, 6.45) is 2.80. The van der Waals surface area contributed by atoms with Gasteiger partial charge in [0.1, 0.15) is 5.82 Å². The first-order valence-electron chi connectivity index (χ1n) is 6.27. The van der Waals surface area contributed by atoms with Crippen LogP contribution in [0.4, 0.5) is 11.5 Å². The Labute approximate surface area is 119 Å². The summed E-state index contributed by atoms with van der Waals surface area (Å²) < 4.78 is 0. The molecule has 4 heteroatoms. The zero-order chi connectivity index (χ0) is 13.7. The van der Waals surface area contributed by atoms with Crippen molar-refractivity contribution < 1.29 is 0 Å². The van der Waals surface area contributed by atoms with Crippen molar-refractivity contribution in [3.05, 3.63) is 53.7 Å². The molecule has 19 heavy (non-hydrogen) atoms. The van der Waals surface area contributed by atoms with Crippen LogP contribution in [0.3, 0.4) is 0 Å². The molecule has 98 valence electrons. The monoisotopic (exact) mass is 271 g/mol. The van der Waals surface area contributed by atoms with Gasteiger partial charge in [-0.15, -0.1) is 0 Å². The zero-order valence-electron chi connectivity index (χ0n) is 11.1. The van der Waals surface area contributed by atoms with E-state index in [0.29, 0.717) is 5.11 Å². The molecule has 1 aromatic carbocycles. The lowest BCUT2D eigenvalue weighted by molar-refractivity contribution is 1.14. The van der Waals surface area contributed by atoms with Crippen LogP contribution >= 0.6 is 12.2 Å². The molecule has 0 amide bonds. The van der Waals surface area contributed by atoms with Crippen LogP contribution in [-0.2, 0) is 6.42 Å². The molecule has 3 nitrogen and oxygen atoms in total. The normalized spacial score (nSPS) is 10.0. The van der Waals surface area contributed by atoms with Crippen molar-refractivity contribution in [1.29, 1.82) is 0 Å². The van der Waals surface area contributed by atoms with Crippen molar-refractivity contribution in [2.24, 2.45) is 0 Å². The standard InChI is InChI=1S/C15H17N3S/c1-3-12-4-6-13(7-5-12)17-15(19)18-14-10-11(2)8-9-16-14/h4-10H,3H2,1-2H3,(H2,16,17,18,19). The van der Waals surface area contributed by atoms with Gasteiger partial charge in [0, 0.05) is 11.9 Å². The topological polar surface area (TPSA) is 37.0 Å². The lowest BCUT2D eigenvalue weighted by atomic mass is 10.1. The molecule has 0 spiro atoms. The molecule has 0 unspecified atom stereocenters. The maximum absolute atomic E-state index is 5.26. The third kappa shape index (κ3) is 4.03. The van der Waals surface area contributed by atoms with Gasteiger partial charge in [-0.3, -0.25) is 0 Å². The maximum atomic E-state index is 5.26. The third-order valence-electron chi connectivity index (χ3n) is 2.78. The number of nitrogens with one attached hydrogen (secondary N) is 2. The number of anilines is 2. The summed E-state index contributed by atoms with van der Waals surface area (Å²) in [4.78, 5) is 4.21. The van der Waals surface area contributed by atoms with Gasteiger partial charge in [0.25, 0.3) is 0 Å². The summed E-state index contributed by atoms with van der Waals surface area (Å²) in [6.45, 7) is 4.16. The number of aryl methyl sites for hydroxylation is 2. The Morgan fingerprint density at radius 2 is 1.89 bits per heavy atom. The van der Waals surface area contributed by atoms with Gasteiger partial charge in [0.15, 0.2) is 5.11 Å². The molecule has 0 atom stereocenters. The maximum Gasteiger partial charge on any atom is 0.176 e. The number of nitrogens with zero attached hydrogens (tertiary/aromatic N) is 1. The van der Waals surface area contributed by atoms with Gasteiger partial charge in [-0.05, 0) is 61.0 Å². The highest BCUT2D eigenvalue weighted by atomic mass is 32.1. The van der Waals surface area contributed by atoms with Crippen molar-refractivity contribution in [3.63, 3.8) is 0 Å². The first kappa shape index (κ1) is 13.5. The molecule has 1 aromatic heterocycles. The molecular weight excluding hydrogens is 254 g/mol. The van der Waals surface area contributed by atoms with Gasteiger partial charge in [-0.2, -0.15) is 0 Å². The Hall–Kier alpha value is -1.94. The summed E-state index contributed by atoms with van der Waals surface area (Å²) >= 11 is 5.26. The lowest BCUT2D eigenvalue weighted by Crippen LogP contribution is -2.19. The van der Waals surface area contributed by atoms with E-state index in [2.05, 4.69) is 34.7 Å². The quantitative estimate of drug-likeness (QED) is 0.833. The highest BCUT2D eigenvalue weighted by molar-refractivity contribution is 7.80. The predicted molar refractivity (Wildman–Crippen MR) is 84.6 cm³/mol. The summed E-state index contributed by atoms with van der Waals surface area (Å²) in [5.41, 5.74) is 3.43. The minimum Gasteiger partial charge on any atom is -0.332 e. The molecule has 0 radical (unpaired) electrons. The minimum absolute atomic E-state index is 0.544. The van der Waals surface area contributed by atoms with Crippen LogP contribution in [0.1, 0.15) is 18.1 Å². The highest BCUT2D eigenvalue weighted by Gasteiger charge is 2.00. The van der Waals surface area contributed by atoms with Crippen LogP contribution in [0.25, 0.3) is 0 Å². The van der Waals surface area contributed by atoms with Gasteiger partial charge < -0.3 is 10.6 Å². The Bertz CT molecular complexity index is 564. The minimum atomic E-state index is 0.544. The molecule has 0 aliphatic carbocycles. The lowest BCUT2D eigenvalue weighted by Gasteiger charge is -2.10. The molecule has 0 saturated carbocycles. The molecular formula is C15H17N3S. The molecule has 0 bridgehead atoms. The van der Waals surface area contributed by atoms with Gasteiger partial charge in [0.2, 0.25) is 0 Å². The van der Waals surface area contributed by atoms with Crippen LogP contribution in [0, 0.1) is 6.92 Å². The zero-order valence-corrected chi connectivity index (χ0v) is 11.9. The summed E-state index contributed by atoms with van der Waals surface area (Å²) in [5.74, 6) is 0.752. The van der Waals surface area contributed by atoms with Crippen molar-refractivity contribution in [1.82, 2.24) is 4.98 Å². The number of rotatable bonds is 3. The van der Waals surface area contributed by atoms with Gasteiger partial charge >= 0.3 is 0 Å². The van der Waals surface area contributed by atoms with E-state index in [1.54, 1.807) is 6.20 Å². The fourth-order valence-electron chi connectivity index (χ4n) is 1.71. The second-order valence-corrected chi connectivity index (χ2v) is 4.76. The van der Waals surface area contributed by atoms with E-state index in [-0.39, 0.29) is 0 Å². The van der Waals surface area contributed by atoms with Gasteiger partial charge in [-0.25, -0.2) is 4.98 Å². The predicted octanol–water partition coefficient (Wildman–Crippen LogP) is 3.76. The van der Waals surface area contributed by atoms with E-state index in [1.165, 1.54) is 5.56 Å². The smallest absolute Gasteiger partial charge is 0.176 e. The molecule has 0 saturated heterocycles. The van der Waals surface area contributed by atoms with Gasteiger partial charge in [0.05, 0.1) is 0 Å². The molecule has 1 heterocycles. The first-order valence-corrected chi connectivity index (χ1v) is 6.68. The summed E-state index contributed by atoms with van der Waals surface area (Å²) in [6, 6.07) is 12.1. The van der Waals surface area contributed by atoms with Crippen molar-refractivity contribution >= 4 is 28.8 Å². The highest BCUT2D eigenvalue weighted by Crippen LogP contribution is 2.11. The Morgan fingerprint density at radius 1 is 1.16 bits per heavy atom. The van der Waals surface area contributed by atoms with E-state index in [0.717, 1.165) is 23.5 Å².